The van der Waals surface area contributed by atoms with E-state index >= 15 is 0 Å². The van der Waals surface area contributed by atoms with Crippen LogP contribution in [-0.4, -0.2) is 47.7 Å². The van der Waals surface area contributed by atoms with Crippen LogP contribution in [0.3, 0.4) is 0 Å². The topological polar surface area (TPSA) is 67.6 Å². The van der Waals surface area contributed by atoms with Gasteiger partial charge in [0, 0.05) is 18.8 Å². The summed E-state index contributed by atoms with van der Waals surface area (Å²) in [6.07, 6.45) is 0.804. The van der Waals surface area contributed by atoms with Gasteiger partial charge in [-0.15, -0.1) is 0 Å². The number of β-amino-alcohol motifs (C(OH)–C–C–N with tert-alkyl or cyclic N) is 1. The second kappa shape index (κ2) is 8.09. The molecule has 1 heterocycles. The first-order valence-electron chi connectivity index (χ1n) is 8.20. The van der Waals surface area contributed by atoms with Crippen LogP contribution in [0.25, 0.3) is 0 Å². The molecular formula is C18H25N3O2. The van der Waals surface area contributed by atoms with Crippen molar-refractivity contribution in [2.24, 2.45) is 5.92 Å². The zero-order valence-corrected chi connectivity index (χ0v) is 13.9. The van der Waals surface area contributed by atoms with E-state index < -0.39 is 0 Å². The lowest BCUT2D eigenvalue weighted by Gasteiger charge is -2.39. The van der Waals surface area contributed by atoms with Crippen LogP contribution in [0.15, 0.2) is 30.3 Å². The molecule has 5 nitrogen and oxygen atoms in total. The number of aliphatic hydroxyl groups excluding tert-OH is 1. The molecular weight excluding hydrogens is 290 g/mol. The van der Waals surface area contributed by atoms with Crippen LogP contribution < -0.4 is 4.90 Å². The Balaban J connectivity index is 2.12. The summed E-state index contributed by atoms with van der Waals surface area (Å²) in [5, 5.41) is 18.9. The molecule has 0 aromatic heterocycles. The van der Waals surface area contributed by atoms with E-state index in [0.29, 0.717) is 19.5 Å². The summed E-state index contributed by atoms with van der Waals surface area (Å²) in [6, 6.07) is 11.2. The lowest BCUT2D eigenvalue weighted by molar-refractivity contribution is -0.124. The van der Waals surface area contributed by atoms with Crippen molar-refractivity contribution < 1.29 is 9.90 Å². The molecule has 1 aromatic carbocycles. The molecule has 1 fully saturated rings. The minimum atomic E-state index is -0.386. The van der Waals surface area contributed by atoms with Crippen LogP contribution in [0.1, 0.15) is 26.7 Å². The summed E-state index contributed by atoms with van der Waals surface area (Å²) in [5.41, 5.74) is 0.811. The van der Waals surface area contributed by atoms with Gasteiger partial charge in [0.2, 0.25) is 5.91 Å². The van der Waals surface area contributed by atoms with E-state index in [1.165, 1.54) is 0 Å². The SMILES string of the molecule is CC1CCN(C(C)C(=O)N(CCC#N)c2ccccc2)CC1O. The maximum absolute atomic E-state index is 12.9. The Bertz CT molecular complexity index is 555. The zero-order valence-electron chi connectivity index (χ0n) is 13.9. The molecule has 1 aliphatic rings. The van der Waals surface area contributed by atoms with Gasteiger partial charge in [0.25, 0.3) is 0 Å². The van der Waals surface area contributed by atoms with Gasteiger partial charge in [0.05, 0.1) is 24.6 Å². The molecule has 0 radical (unpaired) electrons. The summed E-state index contributed by atoms with van der Waals surface area (Å²) in [4.78, 5) is 16.6. The molecule has 0 spiro atoms. The molecule has 1 saturated heterocycles. The predicted molar refractivity (Wildman–Crippen MR) is 89.8 cm³/mol. The predicted octanol–water partition coefficient (Wildman–Crippen LogP) is 2.02. The van der Waals surface area contributed by atoms with Gasteiger partial charge in [0.15, 0.2) is 0 Å². The van der Waals surface area contributed by atoms with E-state index in [1.807, 2.05) is 49.1 Å². The largest absolute Gasteiger partial charge is 0.392 e. The van der Waals surface area contributed by atoms with Gasteiger partial charge >= 0.3 is 0 Å². The van der Waals surface area contributed by atoms with Gasteiger partial charge in [0.1, 0.15) is 0 Å². The Morgan fingerprint density at radius 2 is 2.17 bits per heavy atom. The fourth-order valence-corrected chi connectivity index (χ4v) is 2.94. The second-order valence-corrected chi connectivity index (χ2v) is 6.24. The highest BCUT2D eigenvalue weighted by Crippen LogP contribution is 2.22. The molecule has 1 N–H and O–H groups in total. The maximum Gasteiger partial charge on any atom is 0.244 e. The van der Waals surface area contributed by atoms with Gasteiger partial charge in [-0.05, 0) is 37.9 Å². The highest BCUT2D eigenvalue weighted by Gasteiger charge is 2.32. The van der Waals surface area contributed by atoms with Crippen LogP contribution >= 0.6 is 0 Å². The Morgan fingerprint density at radius 1 is 1.48 bits per heavy atom. The van der Waals surface area contributed by atoms with Crippen LogP contribution in [-0.2, 0) is 4.79 Å². The lowest BCUT2D eigenvalue weighted by Crippen LogP contribution is -2.53. The van der Waals surface area contributed by atoms with Crippen molar-refractivity contribution in [3.05, 3.63) is 30.3 Å². The van der Waals surface area contributed by atoms with E-state index in [-0.39, 0.29) is 24.0 Å². The number of hydrogen-bond donors (Lipinski definition) is 1. The molecule has 0 aliphatic carbocycles. The van der Waals surface area contributed by atoms with E-state index in [1.54, 1.807) is 4.90 Å². The quantitative estimate of drug-likeness (QED) is 0.903. The first-order valence-corrected chi connectivity index (χ1v) is 8.20. The average molecular weight is 315 g/mol. The Morgan fingerprint density at radius 3 is 2.78 bits per heavy atom. The van der Waals surface area contributed by atoms with Crippen molar-refractivity contribution >= 4 is 11.6 Å². The Labute approximate surface area is 138 Å². The first kappa shape index (κ1) is 17.5. The third-order valence-corrected chi connectivity index (χ3v) is 4.64. The highest BCUT2D eigenvalue weighted by molar-refractivity contribution is 5.97. The van der Waals surface area contributed by atoms with Gasteiger partial charge in [-0.1, -0.05) is 25.1 Å². The van der Waals surface area contributed by atoms with E-state index in [9.17, 15) is 9.90 Å². The van der Waals surface area contributed by atoms with Crippen molar-refractivity contribution in [1.82, 2.24) is 4.90 Å². The zero-order chi connectivity index (χ0) is 16.8. The summed E-state index contributed by atoms with van der Waals surface area (Å²) >= 11 is 0. The molecule has 1 aromatic rings. The monoisotopic (exact) mass is 315 g/mol. The second-order valence-electron chi connectivity index (χ2n) is 6.24. The van der Waals surface area contributed by atoms with Crippen molar-refractivity contribution in [2.45, 2.75) is 38.8 Å². The molecule has 3 unspecified atom stereocenters. The van der Waals surface area contributed by atoms with Gasteiger partial charge in [-0.2, -0.15) is 5.26 Å². The number of piperidine rings is 1. The van der Waals surface area contributed by atoms with Crippen LogP contribution in [0, 0.1) is 17.2 Å². The minimum Gasteiger partial charge on any atom is -0.392 e. The summed E-state index contributed by atoms with van der Waals surface area (Å²) in [7, 11) is 0. The van der Waals surface area contributed by atoms with Crippen LogP contribution in [0.4, 0.5) is 5.69 Å². The van der Waals surface area contributed by atoms with Gasteiger partial charge in [-0.25, -0.2) is 0 Å². The minimum absolute atomic E-state index is 0.0202. The van der Waals surface area contributed by atoms with Crippen molar-refractivity contribution in [3.63, 3.8) is 0 Å². The molecule has 1 aliphatic heterocycles. The normalized spacial score (nSPS) is 23.0. The third-order valence-electron chi connectivity index (χ3n) is 4.64. The number of rotatable bonds is 5. The summed E-state index contributed by atoms with van der Waals surface area (Å²) in [5.74, 6) is 0.255. The van der Waals surface area contributed by atoms with Crippen molar-refractivity contribution in [3.8, 4) is 6.07 Å². The Hall–Kier alpha value is -1.90. The van der Waals surface area contributed by atoms with Crippen LogP contribution in [0.5, 0.6) is 0 Å². The van der Waals surface area contributed by atoms with E-state index in [4.69, 9.17) is 5.26 Å². The smallest absolute Gasteiger partial charge is 0.244 e. The number of amides is 1. The molecule has 0 saturated carbocycles. The lowest BCUT2D eigenvalue weighted by atomic mass is 9.95. The standard InChI is InChI=1S/C18H25N3O2/c1-14-9-12-20(13-17(14)22)15(2)18(23)21(11-6-10-19)16-7-4-3-5-8-16/h3-5,7-8,14-15,17,22H,6,9,11-13H2,1-2H3. The van der Waals surface area contributed by atoms with E-state index in [0.717, 1.165) is 18.7 Å². The third kappa shape index (κ3) is 4.31. The molecule has 2 rings (SSSR count). The summed E-state index contributed by atoms with van der Waals surface area (Å²) in [6.45, 7) is 5.64. The number of para-hydroxylation sites is 1. The van der Waals surface area contributed by atoms with E-state index in [2.05, 4.69) is 6.07 Å². The number of aliphatic hydroxyl groups is 1. The Kier molecular flexibility index (Phi) is 6.14. The number of benzene rings is 1. The number of nitrogens with zero attached hydrogens (tertiary/aromatic N) is 3. The van der Waals surface area contributed by atoms with Crippen molar-refractivity contribution in [2.75, 3.05) is 24.5 Å². The first-order chi connectivity index (χ1) is 11.0. The maximum atomic E-state index is 12.9. The number of carbonyl (C=O) groups excluding carboxylic acids is 1. The van der Waals surface area contributed by atoms with Crippen molar-refractivity contribution in [1.29, 1.82) is 5.26 Å². The fraction of sp³-hybridized carbons (Fsp3) is 0.556. The van der Waals surface area contributed by atoms with Gasteiger partial charge in [-0.3, -0.25) is 9.69 Å². The van der Waals surface area contributed by atoms with Crippen LogP contribution in [0.2, 0.25) is 0 Å². The highest BCUT2D eigenvalue weighted by atomic mass is 16.3. The number of hydrogen-bond acceptors (Lipinski definition) is 4. The molecule has 5 heteroatoms. The number of anilines is 1. The average Bonchev–Trinajstić information content (AvgIpc) is 2.58. The number of nitriles is 1. The molecule has 3 atom stereocenters. The number of likely N-dealkylation sites (tertiary alicyclic amines) is 1. The molecule has 1 amide bonds. The van der Waals surface area contributed by atoms with Gasteiger partial charge < -0.3 is 10.0 Å². The number of carbonyl (C=O) groups is 1. The molecule has 0 bridgehead atoms. The summed E-state index contributed by atoms with van der Waals surface area (Å²) < 4.78 is 0. The molecule has 23 heavy (non-hydrogen) atoms. The fourth-order valence-electron chi connectivity index (χ4n) is 2.94. The molecule has 124 valence electrons.